The predicted molar refractivity (Wildman–Crippen MR) is 454 cm³/mol. The first kappa shape index (κ1) is 78.4. The predicted octanol–water partition coefficient (Wildman–Crippen LogP) is 25.6. The number of allylic oxidation sites excluding steroid dienone is 28. The van der Waals surface area contributed by atoms with Gasteiger partial charge in [0, 0.05) is 34.5 Å². The Bertz CT molecular complexity index is 4310. The number of fused-ring (bicyclic) bond motifs is 9. The van der Waals surface area contributed by atoms with Crippen molar-refractivity contribution in [3.05, 3.63) is 344 Å². The van der Waals surface area contributed by atoms with Crippen LogP contribution in [0.1, 0.15) is 245 Å². The zero-order valence-corrected chi connectivity index (χ0v) is 67.6. The summed E-state index contributed by atoms with van der Waals surface area (Å²) in [5.41, 5.74) is 30.9. The van der Waals surface area contributed by atoms with Crippen molar-refractivity contribution in [3.63, 3.8) is 0 Å². The topological polar surface area (TPSA) is 0 Å². The fourth-order valence-corrected chi connectivity index (χ4v) is 18.2. The van der Waals surface area contributed by atoms with Gasteiger partial charge in [-0.25, -0.2) is 0 Å². The van der Waals surface area contributed by atoms with Gasteiger partial charge in [-0.3, -0.25) is 0 Å². The van der Waals surface area contributed by atoms with Gasteiger partial charge in [0.15, 0.2) is 0 Å². The van der Waals surface area contributed by atoms with Crippen molar-refractivity contribution in [2.24, 2.45) is 46.3 Å². The Morgan fingerprint density at radius 3 is 0.886 bits per heavy atom. The second-order valence-electron chi connectivity index (χ2n) is 38.2. The van der Waals surface area contributed by atoms with Crippen LogP contribution in [0.2, 0.25) is 0 Å². The third-order valence-electron chi connectivity index (χ3n) is 25.1. The van der Waals surface area contributed by atoms with Crippen molar-refractivity contribution in [2.75, 3.05) is 0 Å². The SMILES string of the molecule is C.CC(=C1C=CC=C1)c1cccc(C(C)=C2C=CC=C2)c1.CC(C)(C)C1=CC2C(C=C1)CC1C=CC(C(C)(C)C)=CC12.CC(C)(C)c1ccc2c(c1)-c1cc(C(C)(C)C)ccc1C2C(C)(c1cccc(C(C)(C2C=CC=C2)C2c3ccc(C(C)(C)C)cc3-c3cc(C(C)(C)C)ccc32)c1)C1C=CC=C1.[Li+]. The zero-order chi connectivity index (χ0) is 73.7. The van der Waals surface area contributed by atoms with Gasteiger partial charge in [0.05, 0.1) is 0 Å². The molecule has 0 N–H and O–H groups in total. The minimum atomic E-state index is -0.275. The van der Waals surface area contributed by atoms with Crippen LogP contribution in [0.4, 0.5) is 0 Å². The Hall–Kier alpha value is -7.72. The van der Waals surface area contributed by atoms with Crippen molar-refractivity contribution < 1.29 is 18.9 Å². The molecule has 0 aliphatic heterocycles. The minimum Gasteiger partial charge on any atom is -0.0805 e. The van der Waals surface area contributed by atoms with Crippen molar-refractivity contribution in [3.8, 4) is 22.3 Å². The van der Waals surface area contributed by atoms with Crippen LogP contribution in [-0.4, -0.2) is 0 Å². The van der Waals surface area contributed by atoms with Crippen LogP contribution in [0.25, 0.3) is 33.4 Å². The quantitative estimate of drug-likeness (QED) is 0.133. The molecular weight excluding hydrogens is 1260 g/mol. The van der Waals surface area contributed by atoms with E-state index in [4.69, 9.17) is 0 Å². The van der Waals surface area contributed by atoms with E-state index in [1.807, 2.05) is 0 Å². The van der Waals surface area contributed by atoms with Gasteiger partial charge < -0.3 is 0 Å². The van der Waals surface area contributed by atoms with E-state index in [2.05, 4.69) is 407 Å². The summed E-state index contributed by atoms with van der Waals surface area (Å²) in [4.78, 5) is 0. The van der Waals surface area contributed by atoms with E-state index in [9.17, 15) is 0 Å². The molecule has 1 heteroatoms. The van der Waals surface area contributed by atoms with Crippen molar-refractivity contribution in [2.45, 2.75) is 210 Å². The molecule has 6 aromatic carbocycles. The molecule has 9 aliphatic carbocycles. The molecule has 9 aliphatic rings. The van der Waals surface area contributed by atoms with Gasteiger partial charge in [0.1, 0.15) is 0 Å². The van der Waals surface area contributed by atoms with E-state index >= 15 is 0 Å². The molecule has 0 nitrogen and oxygen atoms in total. The number of benzene rings is 6. The average molecular weight is 1380 g/mol. The summed E-state index contributed by atoms with van der Waals surface area (Å²) in [6, 6.07) is 48.5. The molecule has 1 fully saturated rings. The Labute approximate surface area is 648 Å². The van der Waals surface area contributed by atoms with Gasteiger partial charge >= 0.3 is 18.9 Å². The van der Waals surface area contributed by atoms with Crippen LogP contribution in [0.5, 0.6) is 0 Å². The summed E-state index contributed by atoms with van der Waals surface area (Å²) in [5.74, 6) is 3.68. The first-order valence-corrected chi connectivity index (χ1v) is 38.9. The van der Waals surface area contributed by atoms with Gasteiger partial charge in [0.2, 0.25) is 0 Å². The van der Waals surface area contributed by atoms with E-state index in [1.54, 1.807) is 0 Å². The Balaban J connectivity index is 0.000000207. The standard InChI is InChI=1S/C62H70.C21H30.C20H18.CH4.Li/c1-57(2,3)41-26-30-47-51(35-41)52-36-42(58(4,5)6)27-31-48(52)55(47)61(13,39-20-15-16-21-39)45-24-19-25-46(34-45)62(14,40-22-17-18-23-40)56-49-32-28-43(59(7,8)9)37-53(49)54-38-44(60(10,11)12)29-33-50(54)56;1-20(2,3)16-9-7-14-11-15-8-10-17(21(4,5)6)13-19(15)18(14)12-16;1-15(17-8-3-4-9-17)19-12-7-13-20(14-19)16(2)18-10-5-6-11-18;;/h15-40,55-56H,1-14H3;7-10,12-15,18-19H,11H2,1-6H3;3-14H,1-2H3;1H4;/q;;;;+1. The molecule has 15 rings (SSSR count). The smallest absolute Gasteiger partial charge is 0.0805 e. The minimum absolute atomic E-state index is 0. The molecule has 0 aromatic heterocycles. The van der Waals surface area contributed by atoms with Crippen LogP contribution in [0.15, 0.2) is 277 Å². The summed E-state index contributed by atoms with van der Waals surface area (Å²) in [5, 5.41) is 0. The summed E-state index contributed by atoms with van der Waals surface area (Å²) < 4.78 is 0. The van der Waals surface area contributed by atoms with Crippen molar-refractivity contribution >= 4 is 11.1 Å². The number of rotatable bonds is 8. The van der Waals surface area contributed by atoms with Gasteiger partial charge in [-0.2, -0.15) is 0 Å². The maximum absolute atomic E-state index is 2.65. The molecule has 0 amide bonds. The fourth-order valence-electron chi connectivity index (χ4n) is 18.2. The Kier molecular flexibility index (Phi) is 21.7. The molecule has 6 atom stereocenters. The third kappa shape index (κ3) is 15.1. The second-order valence-corrected chi connectivity index (χ2v) is 38.2. The van der Waals surface area contributed by atoms with Gasteiger partial charge in [-0.05, 0) is 205 Å². The molecular formula is C104H122Li+. The van der Waals surface area contributed by atoms with E-state index in [1.165, 1.54) is 129 Å². The maximum atomic E-state index is 2.65. The molecule has 6 aromatic rings. The third-order valence-corrected chi connectivity index (χ3v) is 25.1. The van der Waals surface area contributed by atoms with E-state index in [0.29, 0.717) is 11.8 Å². The van der Waals surface area contributed by atoms with Crippen LogP contribution in [0, 0.1) is 46.3 Å². The van der Waals surface area contributed by atoms with Crippen LogP contribution in [0.3, 0.4) is 0 Å². The van der Waals surface area contributed by atoms with Crippen molar-refractivity contribution in [1.29, 1.82) is 0 Å². The van der Waals surface area contributed by atoms with Gasteiger partial charge in [-0.15, -0.1) is 0 Å². The normalized spacial score (nSPS) is 20.9. The molecule has 1 saturated carbocycles. The molecule has 0 radical (unpaired) electrons. The number of hydrogen-bond donors (Lipinski definition) is 0. The first-order chi connectivity index (χ1) is 48.4. The van der Waals surface area contributed by atoms with Gasteiger partial charge in [0.25, 0.3) is 0 Å². The molecule has 0 heterocycles. The molecule has 6 unspecified atom stereocenters. The fraction of sp³-hybridized carbons (Fsp3) is 0.385. The molecule has 105 heavy (non-hydrogen) atoms. The van der Waals surface area contributed by atoms with E-state index in [0.717, 1.165) is 11.8 Å². The van der Waals surface area contributed by atoms with Crippen LogP contribution in [-0.2, 0) is 32.5 Å². The van der Waals surface area contributed by atoms with Crippen LogP contribution < -0.4 is 18.9 Å². The number of hydrogen-bond acceptors (Lipinski definition) is 0. The summed E-state index contributed by atoms with van der Waals surface area (Å²) in [6.07, 6.45) is 52.2. The van der Waals surface area contributed by atoms with Crippen molar-refractivity contribution in [1.82, 2.24) is 0 Å². The maximum Gasteiger partial charge on any atom is 1.00 e. The van der Waals surface area contributed by atoms with Gasteiger partial charge in [-0.1, -0.05) is 395 Å². The summed E-state index contributed by atoms with van der Waals surface area (Å²) >= 11 is 0. The van der Waals surface area contributed by atoms with E-state index < -0.39 is 0 Å². The summed E-state index contributed by atoms with van der Waals surface area (Å²) in [6.45, 7) is 51.6. The Morgan fingerprint density at radius 2 is 0.600 bits per heavy atom. The average Bonchev–Trinajstić information content (AvgIpc) is 1.58. The second kappa shape index (κ2) is 29.1. The summed E-state index contributed by atoms with van der Waals surface area (Å²) in [7, 11) is 0. The molecule has 0 bridgehead atoms. The zero-order valence-electron chi connectivity index (χ0n) is 67.6. The monoisotopic (exact) mass is 1380 g/mol. The molecule has 538 valence electrons. The first-order valence-electron chi connectivity index (χ1n) is 38.9. The molecule has 0 spiro atoms. The largest absolute Gasteiger partial charge is 1.00 e. The molecule has 0 saturated heterocycles. The Morgan fingerprint density at radius 1 is 0.305 bits per heavy atom. The van der Waals surface area contributed by atoms with Crippen LogP contribution >= 0.6 is 0 Å². The van der Waals surface area contributed by atoms with E-state index in [-0.39, 0.29) is 93.3 Å².